The topological polar surface area (TPSA) is 72.2 Å². The highest BCUT2D eigenvalue weighted by Crippen LogP contribution is 2.28. The molecule has 0 fully saturated rings. The van der Waals surface area contributed by atoms with Crippen LogP contribution in [0.3, 0.4) is 0 Å². The lowest BCUT2D eigenvalue weighted by Gasteiger charge is -2.11. The van der Waals surface area contributed by atoms with Crippen LogP contribution >= 0.6 is 11.8 Å². The molecule has 1 unspecified atom stereocenters. The lowest BCUT2D eigenvalue weighted by atomic mass is 10.1. The minimum atomic E-state index is -0.466. The third kappa shape index (κ3) is 3.46. The summed E-state index contributed by atoms with van der Waals surface area (Å²) in [6.07, 6.45) is 2.58. The Morgan fingerprint density at radius 1 is 1.56 bits per heavy atom. The Hall–Kier alpha value is -1.56. The standard InChI is InChI=1S/C12H16N2O3S/c1-4-8(2)13-12(15)9-5-6-11(18-3)10(7-9)14(16)17/h5-8H,4H2,1-3H3,(H,13,15). The van der Waals surface area contributed by atoms with Gasteiger partial charge in [0.15, 0.2) is 0 Å². The van der Waals surface area contributed by atoms with Crippen molar-refractivity contribution in [2.24, 2.45) is 0 Å². The largest absolute Gasteiger partial charge is 0.350 e. The lowest BCUT2D eigenvalue weighted by Crippen LogP contribution is -2.31. The Bertz CT molecular complexity index is 463. The lowest BCUT2D eigenvalue weighted by molar-refractivity contribution is -0.387. The molecular weight excluding hydrogens is 252 g/mol. The van der Waals surface area contributed by atoms with Crippen LogP contribution in [0, 0.1) is 10.1 Å². The zero-order valence-corrected chi connectivity index (χ0v) is 11.4. The molecular formula is C12H16N2O3S. The number of nitro benzene ring substituents is 1. The van der Waals surface area contributed by atoms with Gasteiger partial charge < -0.3 is 5.32 Å². The molecule has 0 spiro atoms. The molecule has 0 saturated heterocycles. The van der Waals surface area contributed by atoms with Gasteiger partial charge in [0.05, 0.1) is 9.82 Å². The van der Waals surface area contributed by atoms with E-state index in [0.717, 1.165) is 6.42 Å². The fourth-order valence-corrected chi connectivity index (χ4v) is 1.93. The highest BCUT2D eigenvalue weighted by Gasteiger charge is 2.17. The number of amides is 1. The molecule has 0 radical (unpaired) electrons. The van der Waals surface area contributed by atoms with Crippen molar-refractivity contribution in [1.82, 2.24) is 5.32 Å². The second-order valence-electron chi connectivity index (χ2n) is 3.93. The number of benzene rings is 1. The van der Waals surface area contributed by atoms with Crippen molar-refractivity contribution in [3.8, 4) is 0 Å². The van der Waals surface area contributed by atoms with Crippen LogP contribution < -0.4 is 5.32 Å². The van der Waals surface area contributed by atoms with Gasteiger partial charge in [-0.2, -0.15) is 0 Å². The molecule has 0 aliphatic rings. The summed E-state index contributed by atoms with van der Waals surface area (Å²) < 4.78 is 0. The molecule has 18 heavy (non-hydrogen) atoms. The number of nitrogens with zero attached hydrogens (tertiary/aromatic N) is 1. The Morgan fingerprint density at radius 2 is 2.22 bits per heavy atom. The summed E-state index contributed by atoms with van der Waals surface area (Å²) in [7, 11) is 0. The maximum atomic E-state index is 11.8. The van der Waals surface area contributed by atoms with E-state index in [1.54, 1.807) is 18.4 Å². The first-order valence-corrected chi connectivity index (χ1v) is 6.85. The summed E-state index contributed by atoms with van der Waals surface area (Å²) in [4.78, 5) is 22.8. The monoisotopic (exact) mass is 268 g/mol. The third-order valence-corrected chi connectivity index (χ3v) is 3.41. The smallest absolute Gasteiger partial charge is 0.283 e. The van der Waals surface area contributed by atoms with E-state index in [1.165, 1.54) is 17.8 Å². The number of thioether (sulfide) groups is 1. The molecule has 1 aromatic rings. The maximum absolute atomic E-state index is 11.8. The average Bonchev–Trinajstić information content (AvgIpc) is 2.37. The van der Waals surface area contributed by atoms with Gasteiger partial charge in [-0.15, -0.1) is 11.8 Å². The van der Waals surface area contributed by atoms with Crippen LogP contribution in [-0.4, -0.2) is 23.1 Å². The first-order valence-electron chi connectivity index (χ1n) is 5.62. The third-order valence-electron chi connectivity index (χ3n) is 2.63. The maximum Gasteiger partial charge on any atom is 0.283 e. The summed E-state index contributed by atoms with van der Waals surface area (Å²) in [5.74, 6) is -0.278. The Morgan fingerprint density at radius 3 is 2.72 bits per heavy atom. The Kier molecular flexibility index (Phi) is 5.15. The molecule has 0 aliphatic heterocycles. The first kappa shape index (κ1) is 14.5. The minimum Gasteiger partial charge on any atom is -0.350 e. The van der Waals surface area contributed by atoms with Crippen molar-refractivity contribution in [3.05, 3.63) is 33.9 Å². The van der Waals surface area contributed by atoms with E-state index in [2.05, 4.69) is 5.32 Å². The molecule has 0 bridgehead atoms. The van der Waals surface area contributed by atoms with Crippen LogP contribution in [0.1, 0.15) is 30.6 Å². The first-order chi connectivity index (χ1) is 8.49. The summed E-state index contributed by atoms with van der Waals surface area (Å²) in [6, 6.07) is 4.59. The fraction of sp³-hybridized carbons (Fsp3) is 0.417. The van der Waals surface area contributed by atoms with E-state index >= 15 is 0 Å². The van der Waals surface area contributed by atoms with Crippen molar-refractivity contribution >= 4 is 23.4 Å². The van der Waals surface area contributed by atoms with Crippen molar-refractivity contribution in [1.29, 1.82) is 0 Å². The molecule has 5 nitrogen and oxygen atoms in total. The van der Waals surface area contributed by atoms with Gasteiger partial charge in [-0.1, -0.05) is 6.92 Å². The average molecular weight is 268 g/mol. The van der Waals surface area contributed by atoms with E-state index in [9.17, 15) is 14.9 Å². The molecule has 0 aromatic heterocycles. The molecule has 0 saturated carbocycles. The van der Waals surface area contributed by atoms with Crippen molar-refractivity contribution < 1.29 is 9.72 Å². The van der Waals surface area contributed by atoms with Gasteiger partial charge in [0.2, 0.25) is 0 Å². The zero-order valence-electron chi connectivity index (χ0n) is 10.6. The van der Waals surface area contributed by atoms with Crippen molar-refractivity contribution in [2.75, 3.05) is 6.26 Å². The summed E-state index contributed by atoms with van der Waals surface area (Å²) >= 11 is 1.29. The summed E-state index contributed by atoms with van der Waals surface area (Å²) in [6.45, 7) is 3.85. The molecule has 0 heterocycles. The molecule has 6 heteroatoms. The molecule has 1 amide bonds. The predicted octanol–water partition coefficient (Wildman–Crippen LogP) is 2.85. The number of carbonyl (C=O) groups is 1. The van der Waals surface area contributed by atoms with Crippen molar-refractivity contribution in [2.45, 2.75) is 31.2 Å². The predicted molar refractivity (Wildman–Crippen MR) is 72.1 cm³/mol. The number of carbonyl (C=O) groups excluding carboxylic acids is 1. The van der Waals surface area contributed by atoms with Crippen LogP contribution in [0.5, 0.6) is 0 Å². The van der Waals surface area contributed by atoms with Gasteiger partial charge >= 0.3 is 0 Å². The van der Waals surface area contributed by atoms with Gasteiger partial charge in [-0.25, -0.2) is 0 Å². The minimum absolute atomic E-state index is 0.0284. The number of hydrogen-bond donors (Lipinski definition) is 1. The fourth-order valence-electron chi connectivity index (χ4n) is 1.38. The summed E-state index contributed by atoms with van der Waals surface area (Å²) in [5.41, 5.74) is 0.291. The second-order valence-corrected chi connectivity index (χ2v) is 4.77. The molecule has 1 N–H and O–H groups in total. The Balaban J connectivity index is 3.01. The highest BCUT2D eigenvalue weighted by molar-refractivity contribution is 7.98. The number of rotatable bonds is 5. The SMILES string of the molecule is CCC(C)NC(=O)c1ccc(SC)c([N+](=O)[O-])c1. The van der Waals surface area contributed by atoms with E-state index in [0.29, 0.717) is 10.5 Å². The molecule has 1 aromatic carbocycles. The van der Waals surface area contributed by atoms with Crippen LogP contribution in [0.25, 0.3) is 0 Å². The van der Waals surface area contributed by atoms with Gasteiger partial charge in [-0.05, 0) is 31.7 Å². The van der Waals surface area contributed by atoms with Crippen LogP contribution in [0.4, 0.5) is 5.69 Å². The molecule has 0 aliphatic carbocycles. The summed E-state index contributed by atoms with van der Waals surface area (Å²) in [5, 5.41) is 13.7. The number of nitrogens with one attached hydrogen (secondary N) is 1. The van der Waals surface area contributed by atoms with E-state index in [1.807, 2.05) is 13.8 Å². The molecule has 98 valence electrons. The molecule has 1 rings (SSSR count). The van der Waals surface area contributed by atoms with Crippen LogP contribution in [0.15, 0.2) is 23.1 Å². The van der Waals surface area contributed by atoms with E-state index in [4.69, 9.17) is 0 Å². The normalized spacial score (nSPS) is 11.9. The number of hydrogen-bond acceptors (Lipinski definition) is 4. The van der Waals surface area contributed by atoms with Gasteiger partial charge in [-0.3, -0.25) is 14.9 Å². The van der Waals surface area contributed by atoms with Gasteiger partial charge in [0, 0.05) is 17.7 Å². The number of nitro groups is 1. The van der Waals surface area contributed by atoms with Crippen LogP contribution in [-0.2, 0) is 0 Å². The van der Waals surface area contributed by atoms with E-state index < -0.39 is 4.92 Å². The molecule has 1 atom stereocenters. The quantitative estimate of drug-likeness (QED) is 0.506. The Labute approximate surface area is 110 Å². The van der Waals surface area contributed by atoms with Crippen molar-refractivity contribution in [3.63, 3.8) is 0 Å². The van der Waals surface area contributed by atoms with Gasteiger partial charge in [0.1, 0.15) is 0 Å². The van der Waals surface area contributed by atoms with Gasteiger partial charge in [0.25, 0.3) is 11.6 Å². The second kappa shape index (κ2) is 6.39. The highest BCUT2D eigenvalue weighted by atomic mass is 32.2. The zero-order chi connectivity index (χ0) is 13.7. The van der Waals surface area contributed by atoms with E-state index in [-0.39, 0.29) is 17.6 Å². The van der Waals surface area contributed by atoms with Crippen LogP contribution in [0.2, 0.25) is 0 Å².